The predicted molar refractivity (Wildman–Crippen MR) is 127 cm³/mol. The second-order valence-electron chi connectivity index (χ2n) is 9.09. The summed E-state index contributed by atoms with van der Waals surface area (Å²) in [7, 11) is 0. The summed E-state index contributed by atoms with van der Waals surface area (Å²) in [5.41, 5.74) is 6.36. The van der Waals surface area contributed by atoms with E-state index in [1.165, 1.54) is 12.3 Å². The molecule has 2 fully saturated rings. The van der Waals surface area contributed by atoms with Crippen LogP contribution in [0, 0.1) is 11.7 Å². The first-order valence-electron chi connectivity index (χ1n) is 11.2. The van der Waals surface area contributed by atoms with Crippen molar-refractivity contribution in [3.63, 3.8) is 0 Å². The molecule has 13 heteroatoms. The number of alkyl halides is 2. The van der Waals surface area contributed by atoms with E-state index in [2.05, 4.69) is 25.6 Å². The molecule has 2 aromatic heterocycles. The Kier molecular flexibility index (Phi) is 6.16. The molecule has 5 rings (SSSR count). The van der Waals surface area contributed by atoms with Crippen LogP contribution in [0.5, 0.6) is 0 Å². The number of carbonyl (C=O) groups excluding carboxylic acids is 1. The van der Waals surface area contributed by atoms with Crippen LogP contribution in [0.3, 0.4) is 0 Å². The van der Waals surface area contributed by atoms with Crippen LogP contribution < -0.4 is 16.4 Å². The molecular formula is C22H22Cl2F3N7O. The maximum atomic E-state index is 14.7. The predicted octanol–water partition coefficient (Wildman–Crippen LogP) is 5.44. The third kappa shape index (κ3) is 4.84. The summed E-state index contributed by atoms with van der Waals surface area (Å²) in [6.45, 7) is 0. The van der Waals surface area contributed by atoms with Crippen molar-refractivity contribution in [2.24, 2.45) is 11.7 Å². The van der Waals surface area contributed by atoms with Gasteiger partial charge in [-0.2, -0.15) is 4.98 Å². The number of amides is 1. The minimum Gasteiger partial charge on any atom is -0.369 e. The van der Waals surface area contributed by atoms with Gasteiger partial charge < -0.3 is 16.4 Å². The summed E-state index contributed by atoms with van der Waals surface area (Å²) >= 11 is 12.1. The van der Waals surface area contributed by atoms with E-state index in [4.69, 9.17) is 28.9 Å². The summed E-state index contributed by atoms with van der Waals surface area (Å²) in [5, 5.41) is 6.13. The highest BCUT2D eigenvalue weighted by Gasteiger charge is 2.45. The Morgan fingerprint density at radius 1 is 1.14 bits per heavy atom. The summed E-state index contributed by atoms with van der Waals surface area (Å²) < 4.78 is 43.0. The molecule has 0 radical (unpaired) electrons. The summed E-state index contributed by atoms with van der Waals surface area (Å²) in [4.78, 5) is 25.0. The van der Waals surface area contributed by atoms with Gasteiger partial charge in [0.25, 0.3) is 5.92 Å². The fraction of sp³-hybridized carbons (Fsp3) is 0.455. The molecule has 186 valence electrons. The Morgan fingerprint density at radius 2 is 1.86 bits per heavy atom. The van der Waals surface area contributed by atoms with Gasteiger partial charge in [-0.25, -0.2) is 23.1 Å². The third-order valence-electron chi connectivity index (χ3n) is 6.56. The lowest BCUT2D eigenvalue weighted by atomic mass is 9.85. The van der Waals surface area contributed by atoms with Gasteiger partial charge in [-0.15, -0.1) is 0 Å². The number of imidazole rings is 1. The number of halogens is 5. The summed E-state index contributed by atoms with van der Waals surface area (Å²) in [6, 6.07) is 2.00. The first-order valence-corrected chi connectivity index (χ1v) is 12.0. The molecule has 1 aromatic carbocycles. The minimum absolute atomic E-state index is 0.00134. The molecule has 0 spiro atoms. The van der Waals surface area contributed by atoms with Crippen LogP contribution in [-0.2, 0) is 4.79 Å². The molecule has 0 saturated heterocycles. The molecule has 0 bridgehead atoms. The molecule has 0 aliphatic heterocycles. The quantitative estimate of drug-likeness (QED) is 0.393. The standard InChI is InChI=1S/C22H22Cl2F3N7O/c23-11-5-14(24)17(15(25)6-11)32-21-31-16-9-29-20(30-12-7-22(26,27)8-12)33-19(16)34(21)13-3-1-10(2-4-13)18(28)35/h5-6,9-10,12-13H,1-4,7-8H2,(H2,28,35)(H,31,32)(H,29,30,33). The van der Waals surface area contributed by atoms with Crippen LogP contribution in [0.2, 0.25) is 10.0 Å². The number of primary amides is 1. The van der Waals surface area contributed by atoms with E-state index in [1.807, 2.05) is 4.57 Å². The minimum atomic E-state index is -2.68. The number of fused-ring (bicyclic) bond motifs is 1. The molecule has 2 aliphatic rings. The molecule has 35 heavy (non-hydrogen) atoms. The molecule has 2 heterocycles. The zero-order valence-electron chi connectivity index (χ0n) is 18.4. The Bertz CT molecular complexity index is 1260. The smallest absolute Gasteiger partial charge is 0.252 e. The highest BCUT2D eigenvalue weighted by Crippen LogP contribution is 2.40. The number of anilines is 3. The number of hydrogen-bond donors (Lipinski definition) is 3. The van der Waals surface area contributed by atoms with Crippen LogP contribution in [-0.4, -0.2) is 37.4 Å². The van der Waals surface area contributed by atoms with Crippen molar-refractivity contribution >= 4 is 57.9 Å². The molecule has 8 nitrogen and oxygen atoms in total. The monoisotopic (exact) mass is 527 g/mol. The average molecular weight is 528 g/mol. The lowest BCUT2D eigenvalue weighted by Gasteiger charge is -2.35. The number of benzene rings is 1. The van der Waals surface area contributed by atoms with Gasteiger partial charge in [0.05, 0.1) is 16.9 Å². The fourth-order valence-corrected chi connectivity index (χ4v) is 5.25. The van der Waals surface area contributed by atoms with Crippen molar-refractivity contribution in [1.82, 2.24) is 19.5 Å². The van der Waals surface area contributed by atoms with Gasteiger partial charge >= 0.3 is 0 Å². The summed E-state index contributed by atoms with van der Waals surface area (Å²) in [6.07, 6.45) is 3.32. The van der Waals surface area contributed by atoms with Gasteiger partial charge in [0.15, 0.2) is 5.65 Å². The second kappa shape index (κ2) is 9.02. The maximum Gasteiger partial charge on any atom is 0.252 e. The molecule has 0 atom stereocenters. The zero-order chi connectivity index (χ0) is 24.9. The molecular weight excluding hydrogens is 506 g/mol. The lowest BCUT2D eigenvalue weighted by Crippen LogP contribution is -2.44. The van der Waals surface area contributed by atoms with Crippen molar-refractivity contribution in [3.8, 4) is 0 Å². The van der Waals surface area contributed by atoms with E-state index in [0.29, 0.717) is 36.8 Å². The third-order valence-corrected chi connectivity index (χ3v) is 7.08. The van der Waals surface area contributed by atoms with Crippen LogP contribution in [0.4, 0.5) is 30.8 Å². The van der Waals surface area contributed by atoms with Gasteiger partial charge in [0.2, 0.25) is 17.8 Å². The fourth-order valence-electron chi connectivity index (χ4n) is 4.73. The van der Waals surface area contributed by atoms with Gasteiger partial charge in [0.1, 0.15) is 11.3 Å². The number of carbonyl (C=O) groups is 1. The number of nitrogens with zero attached hydrogens (tertiary/aromatic N) is 4. The molecule has 2 saturated carbocycles. The second-order valence-corrected chi connectivity index (χ2v) is 9.93. The van der Waals surface area contributed by atoms with Crippen molar-refractivity contribution < 1.29 is 18.0 Å². The molecule has 0 unspecified atom stereocenters. The first-order chi connectivity index (χ1) is 16.6. The van der Waals surface area contributed by atoms with E-state index >= 15 is 0 Å². The number of nitrogens with two attached hydrogens (primary N) is 1. The first kappa shape index (κ1) is 23.9. The number of rotatable bonds is 6. The van der Waals surface area contributed by atoms with E-state index in [9.17, 15) is 18.0 Å². The van der Waals surface area contributed by atoms with Crippen LogP contribution in [0.25, 0.3) is 11.2 Å². The van der Waals surface area contributed by atoms with Gasteiger partial charge in [-0.3, -0.25) is 9.36 Å². The molecule has 1 amide bonds. The molecule has 4 N–H and O–H groups in total. The maximum absolute atomic E-state index is 14.7. The molecule has 3 aromatic rings. The molecule has 2 aliphatic carbocycles. The van der Waals surface area contributed by atoms with Crippen molar-refractivity contribution in [2.75, 3.05) is 10.6 Å². The van der Waals surface area contributed by atoms with Crippen molar-refractivity contribution in [2.45, 2.75) is 56.5 Å². The number of hydrogen-bond acceptors (Lipinski definition) is 6. The van der Waals surface area contributed by atoms with Crippen molar-refractivity contribution in [1.29, 1.82) is 0 Å². The topological polar surface area (TPSA) is 111 Å². The van der Waals surface area contributed by atoms with Gasteiger partial charge in [-0.05, 0) is 37.8 Å². The Hall–Kier alpha value is -2.79. The highest BCUT2D eigenvalue weighted by atomic mass is 35.5. The van der Waals surface area contributed by atoms with Gasteiger partial charge in [0, 0.05) is 35.9 Å². The van der Waals surface area contributed by atoms with Crippen LogP contribution in [0.15, 0.2) is 18.3 Å². The zero-order valence-corrected chi connectivity index (χ0v) is 19.9. The van der Waals surface area contributed by atoms with E-state index in [0.717, 1.165) is 6.07 Å². The van der Waals surface area contributed by atoms with Crippen molar-refractivity contribution in [3.05, 3.63) is 34.2 Å². The average Bonchev–Trinajstić information content (AvgIpc) is 3.12. The van der Waals surface area contributed by atoms with E-state index in [1.54, 1.807) is 0 Å². The van der Waals surface area contributed by atoms with E-state index in [-0.39, 0.29) is 58.3 Å². The SMILES string of the molecule is NC(=O)C1CCC(n2c(Nc3c(F)cc(Cl)cc3Cl)nc3cnc(NC4CC(F)(F)C4)nc32)CC1. The highest BCUT2D eigenvalue weighted by molar-refractivity contribution is 6.36. The van der Waals surface area contributed by atoms with Gasteiger partial charge in [-0.1, -0.05) is 23.2 Å². The Labute approximate surface area is 208 Å². The Morgan fingerprint density at radius 3 is 2.49 bits per heavy atom. The number of nitrogens with one attached hydrogen (secondary N) is 2. The Balaban J connectivity index is 1.51. The lowest BCUT2D eigenvalue weighted by molar-refractivity contribution is -0.122. The summed E-state index contributed by atoms with van der Waals surface area (Å²) in [5.74, 6) is -3.40. The van der Waals surface area contributed by atoms with E-state index < -0.39 is 17.8 Å². The normalized spacial score (nSPS) is 22.1. The van der Waals surface area contributed by atoms with Crippen LogP contribution in [0.1, 0.15) is 44.6 Å². The van der Waals surface area contributed by atoms with Crippen LogP contribution >= 0.6 is 23.2 Å². The largest absolute Gasteiger partial charge is 0.369 e. The number of aromatic nitrogens is 4.